The molecule has 0 aliphatic heterocycles. The number of aryl methyl sites for hydroxylation is 2. The first-order chi connectivity index (χ1) is 13.4. The number of nitrogens with zero attached hydrogens (tertiary/aromatic N) is 2. The lowest BCUT2D eigenvalue weighted by Gasteiger charge is -2.08. The molecule has 3 nitrogen and oxygen atoms in total. The summed E-state index contributed by atoms with van der Waals surface area (Å²) < 4.78 is 9.05. The lowest BCUT2D eigenvalue weighted by atomic mass is 10.1. The first-order valence-electron chi connectivity index (χ1n) is 8.62. The van der Waals surface area contributed by atoms with E-state index in [0.717, 1.165) is 58.1 Å². The molecule has 3 heterocycles. The number of benzene rings is 1. The Hall–Kier alpha value is -1.79. The van der Waals surface area contributed by atoms with Gasteiger partial charge in [0.1, 0.15) is 11.6 Å². The first kappa shape index (κ1) is 19.5. The summed E-state index contributed by atoms with van der Waals surface area (Å²) in [5.74, 6) is 1.67. The van der Waals surface area contributed by atoms with Crippen LogP contribution < -0.4 is 4.74 Å². The maximum Gasteiger partial charge on any atom is 0.141 e. The van der Waals surface area contributed by atoms with Crippen LogP contribution in [0.4, 0.5) is 0 Å². The van der Waals surface area contributed by atoms with E-state index >= 15 is 0 Å². The summed E-state index contributed by atoms with van der Waals surface area (Å²) in [6, 6.07) is 11.9. The summed E-state index contributed by atoms with van der Waals surface area (Å²) in [6.07, 6.45) is 0. The van der Waals surface area contributed by atoms with Gasteiger partial charge in [-0.3, -0.25) is 0 Å². The number of methoxy groups -OCH3 is 1. The molecule has 0 amide bonds. The zero-order chi connectivity index (χ0) is 20.0. The Labute approximate surface area is 182 Å². The smallest absolute Gasteiger partial charge is 0.141 e. The lowest BCUT2D eigenvalue weighted by molar-refractivity contribution is 0.415. The Morgan fingerprint density at radius 3 is 2.18 bits per heavy atom. The highest BCUT2D eigenvalue weighted by Crippen LogP contribution is 2.43. The van der Waals surface area contributed by atoms with Gasteiger partial charge >= 0.3 is 0 Å². The van der Waals surface area contributed by atoms with Gasteiger partial charge in [-0.1, -0.05) is 35.3 Å². The van der Waals surface area contributed by atoms with Crippen molar-refractivity contribution in [2.45, 2.75) is 13.8 Å². The molecule has 0 saturated heterocycles. The van der Waals surface area contributed by atoms with Crippen molar-refractivity contribution in [2.24, 2.45) is 7.05 Å². The molecule has 144 valence electrons. The predicted octanol–water partition coefficient (Wildman–Crippen LogP) is 7.48. The Bertz CT molecular complexity index is 1170. The van der Waals surface area contributed by atoms with E-state index in [9.17, 15) is 0 Å². The third kappa shape index (κ3) is 3.37. The van der Waals surface area contributed by atoms with Crippen LogP contribution in [0.15, 0.2) is 36.4 Å². The molecule has 0 N–H and O–H groups in total. The molecule has 28 heavy (non-hydrogen) atoms. The summed E-state index contributed by atoms with van der Waals surface area (Å²) in [7, 11) is 3.71. The number of hydrogen-bond acceptors (Lipinski definition) is 4. The van der Waals surface area contributed by atoms with Crippen LogP contribution in [0.3, 0.4) is 0 Å². The van der Waals surface area contributed by atoms with Crippen molar-refractivity contribution in [3.63, 3.8) is 0 Å². The maximum atomic E-state index is 6.32. The largest absolute Gasteiger partial charge is 0.497 e. The van der Waals surface area contributed by atoms with Gasteiger partial charge in [0.15, 0.2) is 0 Å². The van der Waals surface area contributed by atoms with Gasteiger partial charge in [0, 0.05) is 33.5 Å². The summed E-state index contributed by atoms with van der Waals surface area (Å²) in [5.41, 5.74) is 5.09. The Balaban J connectivity index is 2.01. The van der Waals surface area contributed by atoms with Gasteiger partial charge in [-0.15, -0.1) is 22.7 Å². The molecule has 0 bridgehead atoms. The normalized spacial score (nSPS) is 11.2. The third-order valence-electron chi connectivity index (χ3n) is 4.71. The van der Waals surface area contributed by atoms with Gasteiger partial charge < -0.3 is 9.30 Å². The number of halogens is 2. The quantitative estimate of drug-likeness (QED) is 0.323. The fourth-order valence-electron chi connectivity index (χ4n) is 3.38. The van der Waals surface area contributed by atoms with Crippen LogP contribution in [0, 0.1) is 13.8 Å². The molecule has 4 aromatic rings. The number of imidazole rings is 1. The Morgan fingerprint density at radius 1 is 0.964 bits per heavy atom. The van der Waals surface area contributed by atoms with Crippen LogP contribution >= 0.6 is 45.9 Å². The molecule has 7 heteroatoms. The third-order valence-corrected chi connectivity index (χ3v) is 7.07. The summed E-state index contributed by atoms with van der Waals surface area (Å²) in [5, 5.41) is 0. The number of rotatable bonds is 4. The van der Waals surface area contributed by atoms with Crippen LogP contribution in [-0.2, 0) is 7.05 Å². The monoisotopic (exact) mass is 448 g/mol. The van der Waals surface area contributed by atoms with Crippen molar-refractivity contribution in [1.29, 1.82) is 0 Å². The number of ether oxygens (including phenoxy) is 1. The van der Waals surface area contributed by atoms with Crippen molar-refractivity contribution in [2.75, 3.05) is 7.11 Å². The SMILES string of the molecule is COc1cccc(-c2nc(-c3cc(Cl)sc3C)c(-c3cc(Cl)sc3C)n2C)c1. The van der Waals surface area contributed by atoms with E-state index in [2.05, 4.69) is 18.4 Å². The maximum absolute atomic E-state index is 6.32. The Morgan fingerprint density at radius 2 is 1.61 bits per heavy atom. The van der Waals surface area contributed by atoms with Crippen LogP contribution in [-0.4, -0.2) is 16.7 Å². The van der Waals surface area contributed by atoms with Gasteiger partial charge in [0.05, 0.1) is 27.2 Å². The molecule has 0 radical (unpaired) electrons. The van der Waals surface area contributed by atoms with Gasteiger partial charge in [-0.05, 0) is 38.1 Å². The number of aromatic nitrogens is 2. The lowest BCUT2D eigenvalue weighted by Crippen LogP contribution is -1.96. The highest BCUT2D eigenvalue weighted by atomic mass is 35.5. The predicted molar refractivity (Wildman–Crippen MR) is 121 cm³/mol. The summed E-state index contributed by atoms with van der Waals surface area (Å²) in [6.45, 7) is 4.16. The zero-order valence-corrected chi connectivity index (χ0v) is 19.0. The van der Waals surface area contributed by atoms with Crippen molar-refractivity contribution in [3.8, 4) is 39.7 Å². The molecule has 0 fully saturated rings. The molecule has 0 aliphatic rings. The summed E-state index contributed by atoms with van der Waals surface area (Å²) >= 11 is 15.8. The fraction of sp³-hybridized carbons (Fsp3) is 0.190. The molecule has 0 atom stereocenters. The van der Waals surface area contributed by atoms with Crippen molar-refractivity contribution in [1.82, 2.24) is 9.55 Å². The van der Waals surface area contributed by atoms with E-state index in [0.29, 0.717) is 0 Å². The molecule has 4 rings (SSSR count). The minimum absolute atomic E-state index is 0.757. The van der Waals surface area contributed by atoms with E-state index in [1.54, 1.807) is 29.8 Å². The highest BCUT2D eigenvalue weighted by molar-refractivity contribution is 7.17. The van der Waals surface area contributed by atoms with E-state index in [1.165, 1.54) is 0 Å². The number of thiophene rings is 2. The van der Waals surface area contributed by atoms with E-state index in [4.69, 9.17) is 32.9 Å². The van der Waals surface area contributed by atoms with Crippen molar-refractivity contribution in [3.05, 3.63) is 54.8 Å². The topological polar surface area (TPSA) is 27.1 Å². The molecule has 0 unspecified atom stereocenters. The summed E-state index contributed by atoms with van der Waals surface area (Å²) in [4.78, 5) is 7.34. The second kappa shape index (κ2) is 7.56. The number of hydrogen-bond donors (Lipinski definition) is 0. The second-order valence-corrected chi connectivity index (χ2v) is 10.2. The molecular formula is C21H18Cl2N2OS2. The van der Waals surface area contributed by atoms with Gasteiger partial charge in [0.25, 0.3) is 0 Å². The molecule has 0 spiro atoms. The molecular weight excluding hydrogens is 431 g/mol. The van der Waals surface area contributed by atoms with Gasteiger partial charge in [-0.2, -0.15) is 0 Å². The fourth-order valence-corrected chi connectivity index (χ4v) is 5.76. The standard InChI is InChI=1S/C21H18Cl2N2OS2/c1-11-15(9-17(22)27-11)19-20(16-10-18(23)28-12(16)2)25(3)21(24-19)13-6-5-7-14(8-13)26-4/h5-10H,1-4H3. The Kier molecular flexibility index (Phi) is 5.27. The van der Waals surface area contributed by atoms with Gasteiger partial charge in [0.2, 0.25) is 0 Å². The second-order valence-electron chi connectivity index (χ2n) is 6.46. The van der Waals surface area contributed by atoms with Crippen LogP contribution in [0.1, 0.15) is 9.75 Å². The zero-order valence-electron chi connectivity index (χ0n) is 15.8. The average Bonchev–Trinajstić information content (AvgIpc) is 3.29. The van der Waals surface area contributed by atoms with Crippen LogP contribution in [0.25, 0.3) is 33.9 Å². The highest BCUT2D eigenvalue weighted by Gasteiger charge is 2.23. The van der Waals surface area contributed by atoms with Crippen LogP contribution in [0.5, 0.6) is 5.75 Å². The minimum Gasteiger partial charge on any atom is -0.497 e. The molecule has 1 aromatic carbocycles. The average molecular weight is 449 g/mol. The minimum atomic E-state index is 0.757. The first-order valence-corrected chi connectivity index (χ1v) is 11.0. The van der Waals surface area contributed by atoms with Gasteiger partial charge in [-0.25, -0.2) is 4.98 Å². The van der Waals surface area contributed by atoms with E-state index in [1.807, 2.05) is 43.4 Å². The van der Waals surface area contributed by atoms with E-state index in [-0.39, 0.29) is 0 Å². The molecule has 0 saturated carbocycles. The van der Waals surface area contributed by atoms with Crippen molar-refractivity contribution < 1.29 is 4.74 Å². The van der Waals surface area contributed by atoms with Crippen LogP contribution in [0.2, 0.25) is 8.67 Å². The molecule has 3 aromatic heterocycles. The van der Waals surface area contributed by atoms with Crippen molar-refractivity contribution >= 4 is 45.9 Å². The van der Waals surface area contributed by atoms with E-state index < -0.39 is 0 Å². The molecule has 0 aliphatic carbocycles.